The van der Waals surface area contributed by atoms with Gasteiger partial charge in [0.2, 0.25) is 0 Å². The monoisotopic (exact) mass is 270 g/mol. The van der Waals surface area contributed by atoms with Gasteiger partial charge in [-0.25, -0.2) is 4.98 Å². The Labute approximate surface area is 115 Å². The average molecular weight is 270 g/mol. The Bertz CT molecular complexity index is 746. The van der Waals surface area contributed by atoms with Crippen molar-refractivity contribution in [2.75, 3.05) is 7.05 Å². The van der Waals surface area contributed by atoms with Crippen LogP contribution in [0.15, 0.2) is 35.0 Å². The quantitative estimate of drug-likeness (QED) is 0.791. The van der Waals surface area contributed by atoms with Gasteiger partial charge in [-0.05, 0) is 25.1 Å². The number of nitrogens with one attached hydrogen (secondary N) is 1. The summed E-state index contributed by atoms with van der Waals surface area (Å²) in [7, 11) is 1.70. The Hall–Kier alpha value is -2.63. The van der Waals surface area contributed by atoms with Gasteiger partial charge >= 0.3 is 0 Å². The number of aryl methyl sites for hydroxylation is 1. The van der Waals surface area contributed by atoms with Crippen molar-refractivity contribution in [2.45, 2.75) is 13.5 Å². The molecule has 1 aromatic carbocycles. The Kier molecular flexibility index (Phi) is 2.98. The molecule has 2 aromatic heterocycles. The van der Waals surface area contributed by atoms with E-state index in [4.69, 9.17) is 4.42 Å². The lowest BCUT2D eigenvalue weighted by Gasteiger charge is -2.13. The molecular weight excluding hydrogens is 256 g/mol. The van der Waals surface area contributed by atoms with Crippen molar-refractivity contribution in [3.8, 4) is 0 Å². The maximum Gasteiger partial charge on any atom is 0.289 e. The third-order valence-electron chi connectivity index (χ3n) is 3.08. The zero-order chi connectivity index (χ0) is 14.1. The lowest BCUT2D eigenvalue weighted by atomic mass is 10.2. The first-order valence-corrected chi connectivity index (χ1v) is 6.23. The highest BCUT2D eigenvalue weighted by molar-refractivity contribution is 5.96. The molecule has 3 aromatic rings. The summed E-state index contributed by atoms with van der Waals surface area (Å²) in [6.45, 7) is 2.36. The first-order chi connectivity index (χ1) is 9.63. The number of benzene rings is 1. The molecule has 0 spiro atoms. The van der Waals surface area contributed by atoms with E-state index in [-0.39, 0.29) is 5.91 Å². The highest BCUT2D eigenvalue weighted by Gasteiger charge is 2.17. The van der Waals surface area contributed by atoms with E-state index in [1.807, 2.05) is 25.1 Å². The van der Waals surface area contributed by atoms with Crippen molar-refractivity contribution in [3.63, 3.8) is 0 Å². The molecule has 1 amide bonds. The van der Waals surface area contributed by atoms with Crippen molar-refractivity contribution in [1.82, 2.24) is 20.1 Å². The minimum absolute atomic E-state index is 0.185. The summed E-state index contributed by atoms with van der Waals surface area (Å²) in [5.41, 5.74) is 1.85. The molecule has 102 valence electrons. The number of furan rings is 1. The fourth-order valence-corrected chi connectivity index (χ4v) is 2.06. The van der Waals surface area contributed by atoms with Crippen LogP contribution in [0.25, 0.3) is 11.0 Å². The van der Waals surface area contributed by atoms with Crippen molar-refractivity contribution in [3.05, 3.63) is 47.7 Å². The van der Waals surface area contributed by atoms with Crippen molar-refractivity contribution in [2.24, 2.45) is 0 Å². The van der Waals surface area contributed by atoms with Gasteiger partial charge in [-0.3, -0.25) is 9.89 Å². The summed E-state index contributed by atoms with van der Waals surface area (Å²) in [6, 6.07) is 7.59. The molecule has 6 nitrogen and oxygen atoms in total. The maximum atomic E-state index is 12.3. The summed E-state index contributed by atoms with van der Waals surface area (Å²) < 4.78 is 5.59. The van der Waals surface area contributed by atoms with Gasteiger partial charge < -0.3 is 9.32 Å². The lowest BCUT2D eigenvalue weighted by Crippen LogP contribution is -2.26. The maximum absolute atomic E-state index is 12.3. The molecule has 0 fully saturated rings. The minimum atomic E-state index is -0.185. The molecule has 0 aliphatic carbocycles. The topological polar surface area (TPSA) is 75.0 Å². The predicted molar refractivity (Wildman–Crippen MR) is 73.1 cm³/mol. The smallest absolute Gasteiger partial charge is 0.289 e. The van der Waals surface area contributed by atoms with E-state index in [0.29, 0.717) is 23.7 Å². The standard InChI is InChI=1S/C14H14N4O2/c1-9-3-4-11-10(5-9)6-12(20-11)14(19)18(2)7-13-15-8-16-17-13/h3-6,8H,7H2,1-2H3,(H,15,16,17). The van der Waals surface area contributed by atoms with Crippen LogP contribution < -0.4 is 0 Å². The molecule has 0 radical (unpaired) electrons. The van der Waals surface area contributed by atoms with Gasteiger partial charge in [-0.1, -0.05) is 11.6 Å². The van der Waals surface area contributed by atoms with Gasteiger partial charge in [-0.15, -0.1) is 0 Å². The average Bonchev–Trinajstić information content (AvgIpc) is 3.06. The number of hydrogen-bond acceptors (Lipinski definition) is 4. The molecule has 0 bridgehead atoms. The Balaban J connectivity index is 1.84. The van der Waals surface area contributed by atoms with Crippen LogP contribution >= 0.6 is 0 Å². The van der Waals surface area contributed by atoms with Gasteiger partial charge in [0.15, 0.2) is 5.76 Å². The van der Waals surface area contributed by atoms with Crippen molar-refractivity contribution < 1.29 is 9.21 Å². The van der Waals surface area contributed by atoms with E-state index in [0.717, 1.165) is 10.9 Å². The molecular formula is C14H14N4O2. The molecule has 3 rings (SSSR count). The molecule has 0 aliphatic rings. The van der Waals surface area contributed by atoms with E-state index in [9.17, 15) is 4.79 Å². The predicted octanol–water partition coefficient (Wildman–Crippen LogP) is 2.13. The molecule has 0 aliphatic heterocycles. The Morgan fingerprint density at radius 1 is 1.40 bits per heavy atom. The highest BCUT2D eigenvalue weighted by atomic mass is 16.3. The van der Waals surface area contributed by atoms with E-state index in [1.165, 1.54) is 11.2 Å². The Morgan fingerprint density at radius 3 is 3.00 bits per heavy atom. The SMILES string of the molecule is Cc1ccc2oc(C(=O)N(C)Cc3ncn[nH]3)cc2c1. The minimum Gasteiger partial charge on any atom is -0.451 e. The van der Waals surface area contributed by atoms with E-state index in [2.05, 4.69) is 15.2 Å². The molecule has 0 saturated heterocycles. The zero-order valence-corrected chi connectivity index (χ0v) is 11.3. The molecule has 0 unspecified atom stereocenters. The number of nitrogens with zero attached hydrogens (tertiary/aromatic N) is 3. The zero-order valence-electron chi connectivity index (χ0n) is 11.3. The summed E-state index contributed by atoms with van der Waals surface area (Å²) in [5.74, 6) is 0.774. The molecule has 6 heteroatoms. The van der Waals surface area contributed by atoms with Crippen LogP contribution in [0, 0.1) is 6.92 Å². The van der Waals surface area contributed by atoms with Crippen LogP contribution in [-0.2, 0) is 6.54 Å². The van der Waals surface area contributed by atoms with Gasteiger partial charge in [-0.2, -0.15) is 5.10 Å². The van der Waals surface area contributed by atoms with Crippen LogP contribution in [0.1, 0.15) is 21.9 Å². The first-order valence-electron chi connectivity index (χ1n) is 6.23. The van der Waals surface area contributed by atoms with Crippen molar-refractivity contribution >= 4 is 16.9 Å². The second kappa shape index (κ2) is 4.80. The number of aromatic amines is 1. The number of H-pyrrole nitrogens is 1. The lowest BCUT2D eigenvalue weighted by molar-refractivity contribution is 0.0752. The second-order valence-corrected chi connectivity index (χ2v) is 4.75. The normalized spacial score (nSPS) is 10.9. The molecule has 1 N–H and O–H groups in total. The summed E-state index contributed by atoms with van der Waals surface area (Å²) in [4.78, 5) is 17.8. The molecule has 0 atom stereocenters. The molecule has 0 saturated carbocycles. The number of carbonyl (C=O) groups excluding carboxylic acids is 1. The summed E-state index contributed by atoms with van der Waals surface area (Å²) in [6.07, 6.45) is 1.41. The molecule has 20 heavy (non-hydrogen) atoms. The van der Waals surface area contributed by atoms with Gasteiger partial charge in [0.05, 0.1) is 6.54 Å². The number of fused-ring (bicyclic) bond motifs is 1. The second-order valence-electron chi connectivity index (χ2n) is 4.75. The van der Waals surface area contributed by atoms with Gasteiger partial charge in [0.25, 0.3) is 5.91 Å². The third-order valence-corrected chi connectivity index (χ3v) is 3.08. The number of amides is 1. The van der Waals surface area contributed by atoms with Gasteiger partial charge in [0, 0.05) is 12.4 Å². The molecule has 2 heterocycles. The van der Waals surface area contributed by atoms with Gasteiger partial charge in [0.1, 0.15) is 17.7 Å². The first kappa shape index (κ1) is 12.4. The van der Waals surface area contributed by atoms with E-state index < -0.39 is 0 Å². The van der Waals surface area contributed by atoms with Crippen molar-refractivity contribution in [1.29, 1.82) is 0 Å². The van der Waals surface area contributed by atoms with E-state index in [1.54, 1.807) is 13.1 Å². The van der Waals surface area contributed by atoms with Crippen LogP contribution in [0.5, 0.6) is 0 Å². The third kappa shape index (κ3) is 2.27. The number of carbonyl (C=O) groups is 1. The fourth-order valence-electron chi connectivity index (χ4n) is 2.06. The van der Waals surface area contributed by atoms with Crippen LogP contribution in [0.3, 0.4) is 0 Å². The Morgan fingerprint density at radius 2 is 2.25 bits per heavy atom. The van der Waals surface area contributed by atoms with E-state index >= 15 is 0 Å². The highest BCUT2D eigenvalue weighted by Crippen LogP contribution is 2.21. The number of rotatable bonds is 3. The van der Waals surface area contributed by atoms with Crippen LogP contribution in [0.4, 0.5) is 0 Å². The number of aromatic nitrogens is 3. The number of hydrogen-bond donors (Lipinski definition) is 1. The summed E-state index contributed by atoms with van der Waals surface area (Å²) in [5, 5.41) is 7.41. The van der Waals surface area contributed by atoms with Crippen LogP contribution in [-0.4, -0.2) is 33.0 Å². The van der Waals surface area contributed by atoms with Crippen LogP contribution in [0.2, 0.25) is 0 Å². The summed E-state index contributed by atoms with van der Waals surface area (Å²) >= 11 is 0. The fraction of sp³-hybridized carbons (Fsp3) is 0.214. The largest absolute Gasteiger partial charge is 0.451 e.